The van der Waals surface area contributed by atoms with Crippen LogP contribution in [0.3, 0.4) is 0 Å². The number of nitro benzene ring substituents is 2. The van der Waals surface area contributed by atoms with E-state index in [1.807, 2.05) is 30.3 Å². The molecule has 0 bridgehead atoms. The monoisotopic (exact) mass is 565 g/mol. The fraction of sp³-hybridized carbons (Fsp3) is 0.154. The van der Waals surface area contributed by atoms with Crippen molar-refractivity contribution in [3.63, 3.8) is 0 Å². The number of rotatable bonds is 12. The molecule has 13 nitrogen and oxygen atoms in total. The molecule has 14 heteroatoms. The molecule has 3 aromatic carbocycles. The summed E-state index contributed by atoms with van der Waals surface area (Å²) in [4.78, 5) is 58.1. The number of carbonyl (C=O) groups excluding carboxylic acids is 3. The lowest BCUT2D eigenvalue weighted by Gasteiger charge is -2.17. The molecule has 2 amide bonds. The Morgan fingerprint density at radius 1 is 0.950 bits per heavy atom. The van der Waals surface area contributed by atoms with Crippen molar-refractivity contribution in [1.29, 1.82) is 0 Å². The molecular formula is C26H23N5O8S. The molecule has 3 rings (SSSR count). The molecule has 0 unspecified atom stereocenters. The topological polar surface area (TPSA) is 183 Å². The minimum Gasteiger partial charge on any atom is -0.465 e. The highest BCUT2D eigenvalue weighted by atomic mass is 32.2. The van der Waals surface area contributed by atoms with Crippen molar-refractivity contribution in [1.82, 2.24) is 10.7 Å². The second kappa shape index (κ2) is 14.2. The van der Waals surface area contributed by atoms with E-state index in [1.165, 1.54) is 37.2 Å². The first-order valence-corrected chi connectivity index (χ1v) is 12.7. The number of amides is 2. The molecule has 0 aliphatic carbocycles. The van der Waals surface area contributed by atoms with E-state index in [0.717, 1.165) is 23.8 Å². The van der Waals surface area contributed by atoms with Gasteiger partial charge >= 0.3 is 5.97 Å². The SMILES string of the molecule is COC(=O)c1ccc(/C=N\NC(=O)[C@H](CSCc2ccccc2)NC(=O)c2cc([N+](=O)[O-])cc([N+](=O)[O-])c2)cc1. The van der Waals surface area contributed by atoms with Crippen molar-refractivity contribution in [3.8, 4) is 0 Å². The van der Waals surface area contributed by atoms with Crippen LogP contribution >= 0.6 is 11.8 Å². The van der Waals surface area contributed by atoms with Gasteiger partial charge in [-0.3, -0.25) is 29.8 Å². The van der Waals surface area contributed by atoms with Crippen molar-refractivity contribution >= 4 is 47.1 Å². The van der Waals surface area contributed by atoms with Gasteiger partial charge in [-0.1, -0.05) is 42.5 Å². The largest absolute Gasteiger partial charge is 0.465 e. The molecule has 0 fully saturated rings. The molecule has 40 heavy (non-hydrogen) atoms. The molecule has 0 aromatic heterocycles. The maximum atomic E-state index is 12.9. The quantitative estimate of drug-likeness (QED) is 0.144. The number of esters is 1. The van der Waals surface area contributed by atoms with E-state index < -0.39 is 45.0 Å². The Hall–Kier alpha value is -5.11. The van der Waals surface area contributed by atoms with E-state index in [2.05, 4.69) is 20.6 Å². The van der Waals surface area contributed by atoms with Crippen molar-refractivity contribution in [2.45, 2.75) is 11.8 Å². The Balaban J connectivity index is 1.75. The van der Waals surface area contributed by atoms with Gasteiger partial charge in [0.1, 0.15) is 6.04 Å². The molecule has 0 spiro atoms. The summed E-state index contributed by atoms with van der Waals surface area (Å²) < 4.78 is 4.64. The third-order valence-corrected chi connectivity index (χ3v) is 6.43. The van der Waals surface area contributed by atoms with E-state index in [0.29, 0.717) is 16.9 Å². The minimum absolute atomic E-state index is 0.104. The summed E-state index contributed by atoms with van der Waals surface area (Å²) in [6.45, 7) is 0. The molecule has 0 radical (unpaired) electrons. The zero-order valence-corrected chi connectivity index (χ0v) is 21.8. The molecule has 2 N–H and O–H groups in total. The number of benzene rings is 3. The maximum Gasteiger partial charge on any atom is 0.337 e. The predicted molar refractivity (Wildman–Crippen MR) is 147 cm³/mol. The lowest BCUT2D eigenvalue weighted by molar-refractivity contribution is -0.394. The fourth-order valence-corrected chi connectivity index (χ4v) is 4.32. The lowest BCUT2D eigenvalue weighted by atomic mass is 10.1. The van der Waals surface area contributed by atoms with Gasteiger partial charge in [0.25, 0.3) is 23.2 Å². The zero-order valence-electron chi connectivity index (χ0n) is 21.0. The summed E-state index contributed by atoms with van der Waals surface area (Å²) >= 11 is 1.34. The van der Waals surface area contributed by atoms with Crippen LogP contribution in [0.15, 0.2) is 77.9 Å². The van der Waals surface area contributed by atoms with Crippen LogP contribution in [0.2, 0.25) is 0 Å². The summed E-state index contributed by atoms with van der Waals surface area (Å²) in [5.74, 6) is -1.46. The number of carbonyl (C=O) groups is 3. The highest BCUT2D eigenvalue weighted by Crippen LogP contribution is 2.23. The van der Waals surface area contributed by atoms with Crippen molar-refractivity contribution < 1.29 is 29.0 Å². The minimum atomic E-state index is -1.14. The van der Waals surface area contributed by atoms with Gasteiger partial charge in [-0.25, -0.2) is 10.2 Å². The number of hydrazone groups is 1. The number of methoxy groups -OCH3 is 1. The third-order valence-electron chi connectivity index (χ3n) is 5.32. The Morgan fingerprint density at radius 3 is 2.15 bits per heavy atom. The number of nitrogens with one attached hydrogen (secondary N) is 2. The molecule has 0 aliphatic heterocycles. The average Bonchev–Trinajstić information content (AvgIpc) is 2.96. The molecular weight excluding hydrogens is 542 g/mol. The summed E-state index contributed by atoms with van der Waals surface area (Å²) in [6.07, 6.45) is 1.33. The number of non-ortho nitro benzene ring substituents is 2. The van der Waals surface area contributed by atoms with E-state index in [-0.39, 0.29) is 11.3 Å². The highest BCUT2D eigenvalue weighted by molar-refractivity contribution is 7.98. The number of hydrogen-bond acceptors (Lipinski definition) is 10. The van der Waals surface area contributed by atoms with Gasteiger partial charge in [-0.2, -0.15) is 16.9 Å². The van der Waals surface area contributed by atoms with Crippen LogP contribution in [0, 0.1) is 20.2 Å². The molecule has 206 valence electrons. The molecule has 1 atom stereocenters. The normalized spacial score (nSPS) is 11.4. The third kappa shape index (κ3) is 8.46. The summed E-state index contributed by atoms with van der Waals surface area (Å²) in [5.41, 5.74) is 2.61. The predicted octanol–water partition coefficient (Wildman–Crippen LogP) is 3.47. The van der Waals surface area contributed by atoms with Gasteiger partial charge in [-0.15, -0.1) is 0 Å². The van der Waals surface area contributed by atoms with Crippen LogP contribution in [0.5, 0.6) is 0 Å². The van der Waals surface area contributed by atoms with Crippen LogP contribution in [0.1, 0.15) is 31.8 Å². The zero-order chi connectivity index (χ0) is 29.1. The van der Waals surface area contributed by atoms with Crippen molar-refractivity contribution in [2.75, 3.05) is 12.9 Å². The summed E-state index contributed by atoms with van der Waals surface area (Å²) in [6, 6.07) is 17.0. The van der Waals surface area contributed by atoms with Crippen LogP contribution in [-0.2, 0) is 15.3 Å². The van der Waals surface area contributed by atoms with E-state index in [9.17, 15) is 34.6 Å². The van der Waals surface area contributed by atoms with Crippen LogP contribution in [0.4, 0.5) is 11.4 Å². The van der Waals surface area contributed by atoms with E-state index in [4.69, 9.17) is 0 Å². The molecule has 0 saturated heterocycles. The van der Waals surface area contributed by atoms with E-state index in [1.54, 1.807) is 12.1 Å². The van der Waals surface area contributed by atoms with Gasteiger partial charge in [0.2, 0.25) is 0 Å². The Labute approximate surface area is 231 Å². The molecule has 0 aliphatic rings. The van der Waals surface area contributed by atoms with Crippen LogP contribution < -0.4 is 10.7 Å². The first-order chi connectivity index (χ1) is 19.2. The molecule has 0 heterocycles. The standard InChI is InChI=1S/C26H23N5O8S/c1-39-26(34)19-9-7-17(8-10-19)14-27-29-25(33)23(16-40-15-18-5-3-2-4-6-18)28-24(32)20-11-21(30(35)36)13-22(12-20)31(37)38/h2-14,23H,15-16H2,1H3,(H,28,32)(H,29,33)/b27-14-/t23-/m0/s1. The van der Waals surface area contributed by atoms with Crippen LogP contribution in [0.25, 0.3) is 0 Å². The highest BCUT2D eigenvalue weighted by Gasteiger charge is 2.25. The Bertz CT molecular complexity index is 1400. The summed E-state index contributed by atoms with van der Waals surface area (Å²) in [7, 11) is 1.26. The second-order valence-corrected chi connectivity index (χ2v) is 9.16. The lowest BCUT2D eigenvalue weighted by Crippen LogP contribution is -2.47. The van der Waals surface area contributed by atoms with Crippen molar-refractivity contribution in [3.05, 3.63) is 115 Å². The Kier molecular flexibility index (Phi) is 10.4. The number of nitrogens with zero attached hydrogens (tertiary/aromatic N) is 3. The number of ether oxygens (including phenoxy) is 1. The van der Waals surface area contributed by atoms with Crippen LogP contribution in [-0.4, -0.2) is 52.7 Å². The van der Waals surface area contributed by atoms with Crippen molar-refractivity contribution in [2.24, 2.45) is 5.10 Å². The van der Waals surface area contributed by atoms with Gasteiger partial charge in [0, 0.05) is 23.6 Å². The van der Waals surface area contributed by atoms with Gasteiger partial charge in [0.15, 0.2) is 0 Å². The average molecular weight is 566 g/mol. The molecule has 0 saturated carbocycles. The number of hydrogen-bond donors (Lipinski definition) is 2. The van der Waals surface area contributed by atoms with Gasteiger partial charge in [-0.05, 0) is 23.3 Å². The van der Waals surface area contributed by atoms with Gasteiger partial charge in [0.05, 0.1) is 40.4 Å². The summed E-state index contributed by atoms with van der Waals surface area (Å²) in [5, 5.41) is 28.8. The maximum absolute atomic E-state index is 12.9. The fourth-order valence-electron chi connectivity index (χ4n) is 3.30. The Morgan fingerprint density at radius 2 is 1.57 bits per heavy atom. The molecule has 3 aromatic rings. The smallest absolute Gasteiger partial charge is 0.337 e. The van der Waals surface area contributed by atoms with Gasteiger partial charge < -0.3 is 10.1 Å². The first kappa shape index (κ1) is 29.4. The van der Waals surface area contributed by atoms with E-state index >= 15 is 0 Å². The first-order valence-electron chi connectivity index (χ1n) is 11.6. The number of nitro groups is 2. The number of thioether (sulfide) groups is 1. The second-order valence-electron chi connectivity index (χ2n) is 8.13.